The third-order valence-electron chi connectivity index (χ3n) is 10.6. The van der Waals surface area contributed by atoms with Gasteiger partial charge in [-0.05, 0) is 80.4 Å². The molecule has 0 amide bonds. The predicted octanol–water partition coefficient (Wildman–Crippen LogP) is 13.3. The van der Waals surface area contributed by atoms with Gasteiger partial charge in [0, 0.05) is 27.1 Å². The molecule has 2 nitrogen and oxygen atoms in total. The number of fused-ring (bicyclic) bond motifs is 9. The number of para-hydroxylation sites is 3. The van der Waals surface area contributed by atoms with Gasteiger partial charge < -0.3 is 9.32 Å². The highest BCUT2D eigenvalue weighted by atomic mass is 16.3. The normalized spacial score (nSPS) is 13.3. The highest BCUT2D eigenvalue weighted by Gasteiger charge is 2.38. The van der Waals surface area contributed by atoms with Crippen molar-refractivity contribution >= 4 is 60.5 Å². The average molecular weight is 628 g/mol. The molecule has 49 heavy (non-hydrogen) atoms. The molecule has 1 aliphatic carbocycles. The van der Waals surface area contributed by atoms with Gasteiger partial charge in [0.05, 0.1) is 17.1 Å². The third kappa shape index (κ3) is 4.07. The molecule has 0 saturated heterocycles. The van der Waals surface area contributed by atoms with Gasteiger partial charge in [-0.2, -0.15) is 0 Å². The monoisotopic (exact) mass is 627 g/mol. The van der Waals surface area contributed by atoms with Gasteiger partial charge in [0.2, 0.25) is 0 Å². The Bertz CT molecular complexity index is 2750. The van der Waals surface area contributed by atoms with Gasteiger partial charge >= 0.3 is 0 Å². The maximum atomic E-state index is 6.75. The molecule has 0 bridgehead atoms. The van der Waals surface area contributed by atoms with Gasteiger partial charge in [-0.25, -0.2) is 0 Å². The molecule has 0 fully saturated rings. The lowest BCUT2D eigenvalue weighted by Crippen LogP contribution is -2.17. The second-order valence-electron chi connectivity index (χ2n) is 13.7. The molecular formula is C47H33NO. The first kappa shape index (κ1) is 27.9. The standard InChI is InChI=1S/C47H33NO/c1-47(2)39-28-32-18-7-6-17-31(32)27-38(39)45-36-22-9-8-20-34(36)43(29-40(45)47)48(41-24-12-10-19-33(41)30-15-4-3-5-16-30)42-25-14-23-37-35-21-11-13-26-44(35)49-46(37)42/h3-29H,1-2H3. The summed E-state index contributed by atoms with van der Waals surface area (Å²) >= 11 is 0. The van der Waals surface area contributed by atoms with Gasteiger partial charge in [0.15, 0.2) is 5.58 Å². The zero-order valence-corrected chi connectivity index (χ0v) is 27.4. The Morgan fingerprint density at radius 2 is 1.08 bits per heavy atom. The average Bonchev–Trinajstić information content (AvgIpc) is 3.64. The van der Waals surface area contributed by atoms with Gasteiger partial charge in [-0.1, -0.05) is 141 Å². The molecule has 0 aliphatic heterocycles. The number of anilines is 3. The molecule has 8 aromatic carbocycles. The van der Waals surface area contributed by atoms with Crippen LogP contribution in [0.1, 0.15) is 25.0 Å². The van der Waals surface area contributed by atoms with E-state index in [9.17, 15) is 0 Å². The van der Waals surface area contributed by atoms with Crippen molar-refractivity contribution in [2.24, 2.45) is 0 Å². The minimum atomic E-state index is -0.205. The summed E-state index contributed by atoms with van der Waals surface area (Å²) in [4.78, 5) is 2.45. The zero-order chi connectivity index (χ0) is 32.7. The van der Waals surface area contributed by atoms with E-state index in [1.165, 1.54) is 49.4 Å². The van der Waals surface area contributed by atoms with Crippen molar-refractivity contribution in [3.63, 3.8) is 0 Å². The van der Waals surface area contributed by atoms with Gasteiger partial charge in [-0.15, -0.1) is 0 Å². The Morgan fingerprint density at radius 3 is 1.92 bits per heavy atom. The van der Waals surface area contributed by atoms with Crippen molar-refractivity contribution < 1.29 is 4.42 Å². The molecule has 1 heterocycles. The summed E-state index contributed by atoms with van der Waals surface area (Å²) < 4.78 is 6.75. The summed E-state index contributed by atoms with van der Waals surface area (Å²) in [5, 5.41) is 7.25. The Kier molecular flexibility index (Phi) is 5.95. The molecule has 1 aromatic heterocycles. The topological polar surface area (TPSA) is 16.4 Å². The van der Waals surface area contributed by atoms with Crippen LogP contribution in [-0.4, -0.2) is 0 Å². The van der Waals surface area contributed by atoms with E-state index < -0.39 is 0 Å². The highest BCUT2D eigenvalue weighted by Crippen LogP contribution is 2.56. The Balaban J connectivity index is 1.33. The molecule has 1 aliphatic rings. The Labute approximate surface area is 285 Å². The van der Waals surface area contributed by atoms with Crippen LogP contribution in [0.2, 0.25) is 0 Å². The third-order valence-corrected chi connectivity index (χ3v) is 10.6. The molecule has 0 unspecified atom stereocenters. The van der Waals surface area contributed by atoms with Crippen LogP contribution in [-0.2, 0) is 5.41 Å². The molecular weight excluding hydrogens is 595 g/mol. The van der Waals surface area contributed by atoms with E-state index in [0.717, 1.165) is 44.6 Å². The van der Waals surface area contributed by atoms with E-state index in [1.54, 1.807) is 0 Å². The molecule has 10 rings (SSSR count). The van der Waals surface area contributed by atoms with Crippen LogP contribution in [0.25, 0.3) is 65.7 Å². The fourth-order valence-electron chi connectivity index (χ4n) is 8.26. The van der Waals surface area contributed by atoms with Crippen molar-refractivity contribution in [2.75, 3.05) is 4.90 Å². The number of nitrogens with zero attached hydrogens (tertiary/aromatic N) is 1. The van der Waals surface area contributed by atoms with Crippen LogP contribution in [0.15, 0.2) is 168 Å². The summed E-state index contributed by atoms with van der Waals surface area (Å²) in [6.07, 6.45) is 0. The first-order valence-corrected chi connectivity index (χ1v) is 17.0. The largest absolute Gasteiger partial charge is 0.454 e. The van der Waals surface area contributed by atoms with E-state index in [0.29, 0.717) is 0 Å². The zero-order valence-electron chi connectivity index (χ0n) is 27.4. The summed E-state index contributed by atoms with van der Waals surface area (Å²) in [5.74, 6) is 0. The molecule has 232 valence electrons. The highest BCUT2D eigenvalue weighted by molar-refractivity contribution is 6.15. The Morgan fingerprint density at radius 1 is 0.449 bits per heavy atom. The number of furan rings is 1. The van der Waals surface area contributed by atoms with E-state index in [-0.39, 0.29) is 5.41 Å². The number of benzene rings is 8. The molecule has 2 heteroatoms. The molecule has 0 spiro atoms. The smallest absolute Gasteiger partial charge is 0.159 e. The molecule has 0 atom stereocenters. The van der Waals surface area contributed by atoms with E-state index in [4.69, 9.17) is 4.42 Å². The summed E-state index contributed by atoms with van der Waals surface area (Å²) in [6, 6.07) is 59.3. The van der Waals surface area contributed by atoms with E-state index in [2.05, 4.69) is 176 Å². The van der Waals surface area contributed by atoms with Crippen LogP contribution in [0.3, 0.4) is 0 Å². The second kappa shape index (κ2) is 10.4. The van der Waals surface area contributed by atoms with Crippen LogP contribution in [0, 0.1) is 0 Å². The quantitative estimate of drug-likeness (QED) is 0.193. The van der Waals surface area contributed by atoms with E-state index in [1.807, 2.05) is 6.07 Å². The van der Waals surface area contributed by atoms with Crippen molar-refractivity contribution in [3.05, 3.63) is 175 Å². The number of rotatable bonds is 4. The lowest BCUT2D eigenvalue weighted by molar-refractivity contribution is 0.661. The minimum Gasteiger partial charge on any atom is -0.454 e. The lowest BCUT2D eigenvalue weighted by atomic mass is 9.81. The fourth-order valence-corrected chi connectivity index (χ4v) is 8.26. The molecule has 0 saturated carbocycles. The minimum absolute atomic E-state index is 0.205. The van der Waals surface area contributed by atoms with Crippen LogP contribution in [0.4, 0.5) is 17.1 Å². The number of hydrogen-bond acceptors (Lipinski definition) is 2. The predicted molar refractivity (Wildman–Crippen MR) is 206 cm³/mol. The van der Waals surface area contributed by atoms with Gasteiger partial charge in [0.25, 0.3) is 0 Å². The molecule has 9 aromatic rings. The molecule has 0 radical (unpaired) electrons. The summed E-state index contributed by atoms with van der Waals surface area (Å²) in [6.45, 7) is 4.76. The van der Waals surface area contributed by atoms with Crippen LogP contribution < -0.4 is 4.90 Å². The lowest BCUT2D eigenvalue weighted by Gasteiger charge is -2.31. The first-order valence-electron chi connectivity index (χ1n) is 17.0. The van der Waals surface area contributed by atoms with Crippen molar-refractivity contribution in [3.8, 4) is 22.3 Å². The van der Waals surface area contributed by atoms with Gasteiger partial charge in [0.1, 0.15) is 5.58 Å². The van der Waals surface area contributed by atoms with E-state index >= 15 is 0 Å². The van der Waals surface area contributed by atoms with Crippen molar-refractivity contribution in [2.45, 2.75) is 19.3 Å². The maximum absolute atomic E-state index is 6.75. The maximum Gasteiger partial charge on any atom is 0.159 e. The van der Waals surface area contributed by atoms with Gasteiger partial charge in [-0.3, -0.25) is 0 Å². The summed E-state index contributed by atoms with van der Waals surface area (Å²) in [7, 11) is 0. The van der Waals surface area contributed by atoms with Crippen molar-refractivity contribution in [1.82, 2.24) is 0 Å². The van der Waals surface area contributed by atoms with Crippen molar-refractivity contribution in [1.29, 1.82) is 0 Å². The molecule has 0 N–H and O–H groups in total. The van der Waals surface area contributed by atoms with Crippen LogP contribution in [0.5, 0.6) is 0 Å². The fraction of sp³-hybridized carbons (Fsp3) is 0.0638. The SMILES string of the molecule is CC1(C)c2cc3ccccc3cc2-c2c1cc(N(c1ccccc1-c1ccccc1)c1cccc3c1oc1ccccc13)c1ccccc21. The number of hydrogen-bond donors (Lipinski definition) is 0. The summed E-state index contributed by atoms with van der Waals surface area (Å²) in [5.41, 5.74) is 12.5. The second-order valence-corrected chi connectivity index (χ2v) is 13.7. The van der Waals surface area contributed by atoms with Crippen LogP contribution >= 0.6 is 0 Å². The first-order chi connectivity index (χ1) is 24.1. The Hall–Kier alpha value is -6.12.